The molecule has 0 N–H and O–H groups in total. The molecule has 3 heterocycles. The summed E-state index contributed by atoms with van der Waals surface area (Å²) in [6.45, 7) is 0. The van der Waals surface area contributed by atoms with E-state index in [1.807, 2.05) is 60.7 Å². The minimum atomic E-state index is 0.638. The monoisotopic (exact) mass is 779 g/mol. The van der Waals surface area contributed by atoms with E-state index in [1.165, 1.54) is 10.9 Å². The normalized spacial score (nSPS) is 11.3. The first-order valence-electron chi connectivity index (χ1n) is 20.5. The van der Waals surface area contributed by atoms with Crippen LogP contribution in [0.5, 0.6) is 0 Å². The van der Waals surface area contributed by atoms with Gasteiger partial charge in [-0.15, -0.1) is 0 Å². The molecule has 286 valence electrons. The number of pyridine rings is 1. The van der Waals surface area contributed by atoms with Crippen LogP contribution in [-0.4, -0.2) is 24.6 Å². The Morgan fingerprint density at radius 1 is 0.295 bits per heavy atom. The molecule has 5 nitrogen and oxygen atoms in total. The summed E-state index contributed by atoms with van der Waals surface area (Å²) in [5.41, 5.74) is 14.9. The third-order valence-electron chi connectivity index (χ3n) is 11.3. The van der Waals surface area contributed by atoms with Crippen LogP contribution in [0, 0.1) is 0 Å². The van der Waals surface area contributed by atoms with Crippen molar-refractivity contribution in [3.63, 3.8) is 0 Å². The fourth-order valence-corrected chi connectivity index (χ4v) is 8.30. The number of nitrogens with zero attached hydrogens (tertiary/aromatic N) is 5. The average Bonchev–Trinajstić information content (AvgIpc) is 3.76. The summed E-state index contributed by atoms with van der Waals surface area (Å²) in [5, 5.41) is 7.72. The number of fused-ring (bicyclic) bond motifs is 3. The number of benzene rings is 8. The molecule has 0 saturated heterocycles. The van der Waals surface area contributed by atoms with Gasteiger partial charge in [0.15, 0.2) is 17.5 Å². The van der Waals surface area contributed by atoms with Crippen LogP contribution in [0.15, 0.2) is 224 Å². The molecule has 0 aliphatic carbocycles. The van der Waals surface area contributed by atoms with Crippen molar-refractivity contribution < 1.29 is 0 Å². The summed E-state index contributed by atoms with van der Waals surface area (Å²) >= 11 is 0. The topological polar surface area (TPSA) is 56.0 Å². The number of hydrogen-bond acceptors (Lipinski definition) is 4. The predicted molar refractivity (Wildman–Crippen MR) is 250 cm³/mol. The Hall–Kier alpha value is -8.28. The van der Waals surface area contributed by atoms with Gasteiger partial charge in [0.05, 0.1) is 11.2 Å². The summed E-state index contributed by atoms with van der Waals surface area (Å²) in [4.78, 5) is 14.7. The molecule has 11 rings (SSSR count). The van der Waals surface area contributed by atoms with E-state index in [1.54, 1.807) is 0 Å². The van der Waals surface area contributed by atoms with Crippen LogP contribution in [0.2, 0.25) is 0 Å². The van der Waals surface area contributed by atoms with Crippen LogP contribution in [0.4, 0.5) is 0 Å². The Bertz CT molecular complexity index is 3240. The lowest BCUT2D eigenvalue weighted by Crippen LogP contribution is -2.00. The molecule has 0 radical (unpaired) electrons. The van der Waals surface area contributed by atoms with Gasteiger partial charge < -0.3 is 0 Å². The highest BCUT2D eigenvalue weighted by Gasteiger charge is 2.22. The maximum absolute atomic E-state index is 5.40. The second-order valence-corrected chi connectivity index (χ2v) is 15.1. The van der Waals surface area contributed by atoms with Gasteiger partial charge in [-0.3, -0.25) is 0 Å². The van der Waals surface area contributed by atoms with E-state index in [9.17, 15) is 0 Å². The average molecular weight is 780 g/mol. The van der Waals surface area contributed by atoms with Crippen molar-refractivity contribution in [3.05, 3.63) is 224 Å². The van der Waals surface area contributed by atoms with Gasteiger partial charge in [-0.2, -0.15) is 5.10 Å². The van der Waals surface area contributed by atoms with Crippen molar-refractivity contribution in [1.82, 2.24) is 24.6 Å². The van der Waals surface area contributed by atoms with Crippen LogP contribution in [0.3, 0.4) is 0 Å². The quantitative estimate of drug-likeness (QED) is 0.154. The molecule has 0 aliphatic rings. The van der Waals surface area contributed by atoms with Crippen molar-refractivity contribution in [2.75, 3.05) is 0 Å². The lowest BCUT2D eigenvalue weighted by Gasteiger charge is -2.14. The summed E-state index contributed by atoms with van der Waals surface area (Å²) in [5.74, 6) is 1.93. The molecule has 0 bridgehead atoms. The van der Waals surface area contributed by atoms with Crippen LogP contribution in [0.1, 0.15) is 0 Å². The van der Waals surface area contributed by atoms with E-state index in [0.29, 0.717) is 17.5 Å². The van der Waals surface area contributed by atoms with Gasteiger partial charge in [0.1, 0.15) is 5.69 Å². The highest BCUT2D eigenvalue weighted by Crippen LogP contribution is 2.43. The van der Waals surface area contributed by atoms with E-state index in [0.717, 1.165) is 77.9 Å². The van der Waals surface area contributed by atoms with Gasteiger partial charge >= 0.3 is 0 Å². The van der Waals surface area contributed by atoms with Crippen molar-refractivity contribution in [2.45, 2.75) is 0 Å². The summed E-state index contributed by atoms with van der Waals surface area (Å²) in [6.07, 6.45) is 0. The SMILES string of the molecule is c1ccc(-c2nc(-c3ccccc3)nc(-c3ccc(-c4ccc(-c5cccc6c5cc(-c5ccccc5)n5nc(-c7ccccc7)c(-c7ccccc7)c65)cc4)cc3)n2)cc1. The largest absolute Gasteiger partial charge is 0.231 e. The van der Waals surface area contributed by atoms with E-state index >= 15 is 0 Å². The fraction of sp³-hybridized carbons (Fsp3) is 0. The molecule has 0 atom stereocenters. The third-order valence-corrected chi connectivity index (χ3v) is 11.3. The van der Waals surface area contributed by atoms with Gasteiger partial charge in [0.2, 0.25) is 0 Å². The lowest BCUT2D eigenvalue weighted by atomic mass is 9.93. The number of rotatable bonds is 8. The van der Waals surface area contributed by atoms with Crippen LogP contribution in [-0.2, 0) is 0 Å². The standard InChI is InChI=1S/C56H37N5/c1-6-17-41(18-7-1)50-37-49-47(27-16-28-48(49)53-51(42-19-8-2-9-20-42)52(60-61(50)53)43-21-10-3-11-22-43)40-33-29-38(30-34-40)39-31-35-46(36-32-39)56-58-54(44-23-12-4-13-24-44)57-55(59-56)45-25-14-5-15-26-45/h1-37H. The Morgan fingerprint density at radius 3 is 1.21 bits per heavy atom. The van der Waals surface area contributed by atoms with Crippen molar-refractivity contribution in [2.24, 2.45) is 0 Å². The maximum atomic E-state index is 5.40. The zero-order chi connectivity index (χ0) is 40.5. The molecule has 61 heavy (non-hydrogen) atoms. The Kier molecular flexibility index (Phi) is 9.10. The first-order valence-corrected chi connectivity index (χ1v) is 20.5. The molecule has 3 aromatic heterocycles. The molecule has 8 aromatic carbocycles. The smallest absolute Gasteiger partial charge is 0.164 e. The predicted octanol–water partition coefficient (Wildman–Crippen LogP) is 14.0. The number of aromatic nitrogens is 5. The summed E-state index contributed by atoms with van der Waals surface area (Å²) in [7, 11) is 0. The van der Waals surface area contributed by atoms with Gasteiger partial charge in [0.25, 0.3) is 0 Å². The Labute approximate surface area is 354 Å². The molecule has 0 spiro atoms. The van der Waals surface area contributed by atoms with Gasteiger partial charge in [-0.25, -0.2) is 19.5 Å². The van der Waals surface area contributed by atoms with E-state index < -0.39 is 0 Å². The van der Waals surface area contributed by atoms with Crippen LogP contribution in [0.25, 0.3) is 106 Å². The second-order valence-electron chi connectivity index (χ2n) is 15.1. The van der Waals surface area contributed by atoms with Gasteiger partial charge in [-0.1, -0.05) is 218 Å². The van der Waals surface area contributed by atoms with Crippen molar-refractivity contribution in [3.8, 4) is 90.1 Å². The van der Waals surface area contributed by atoms with Crippen molar-refractivity contribution in [1.29, 1.82) is 0 Å². The van der Waals surface area contributed by atoms with E-state index in [-0.39, 0.29) is 0 Å². The molecule has 0 saturated carbocycles. The molecule has 0 amide bonds. The van der Waals surface area contributed by atoms with Crippen LogP contribution >= 0.6 is 0 Å². The molecular weight excluding hydrogens is 743 g/mol. The van der Waals surface area contributed by atoms with Gasteiger partial charge in [-0.05, 0) is 39.3 Å². The minimum absolute atomic E-state index is 0.638. The third kappa shape index (κ3) is 6.74. The zero-order valence-electron chi connectivity index (χ0n) is 33.1. The van der Waals surface area contributed by atoms with Crippen LogP contribution < -0.4 is 0 Å². The zero-order valence-corrected chi connectivity index (χ0v) is 33.1. The van der Waals surface area contributed by atoms with Gasteiger partial charge in [0, 0.05) is 38.8 Å². The first kappa shape index (κ1) is 35.8. The fourth-order valence-electron chi connectivity index (χ4n) is 8.30. The van der Waals surface area contributed by atoms with Crippen molar-refractivity contribution >= 4 is 16.3 Å². The van der Waals surface area contributed by atoms with E-state index in [4.69, 9.17) is 20.1 Å². The highest BCUT2D eigenvalue weighted by atomic mass is 15.2. The molecule has 5 heteroatoms. The summed E-state index contributed by atoms with van der Waals surface area (Å²) < 4.78 is 2.15. The Morgan fingerprint density at radius 2 is 0.705 bits per heavy atom. The summed E-state index contributed by atoms with van der Waals surface area (Å²) in [6, 6.07) is 78.2. The Balaban J connectivity index is 1.00. The lowest BCUT2D eigenvalue weighted by molar-refractivity contribution is 0.979. The molecular formula is C56H37N5. The molecule has 0 unspecified atom stereocenters. The van der Waals surface area contributed by atoms with E-state index in [2.05, 4.69) is 168 Å². The molecule has 11 aromatic rings. The number of hydrogen-bond donors (Lipinski definition) is 0. The molecule has 0 fully saturated rings. The second kappa shape index (κ2) is 15.5. The minimum Gasteiger partial charge on any atom is -0.231 e. The molecule has 0 aliphatic heterocycles. The highest BCUT2D eigenvalue weighted by molar-refractivity contribution is 6.12. The maximum Gasteiger partial charge on any atom is 0.164 e. The first-order chi connectivity index (χ1) is 30.2.